The summed E-state index contributed by atoms with van der Waals surface area (Å²) >= 11 is 0. The van der Waals surface area contributed by atoms with Crippen LogP contribution in [-0.2, 0) is 60.1 Å². The summed E-state index contributed by atoms with van der Waals surface area (Å²) in [6.45, 7) is 14.0. The van der Waals surface area contributed by atoms with E-state index in [9.17, 15) is 31.6 Å². The van der Waals surface area contributed by atoms with Crippen LogP contribution in [0, 0.1) is 11.6 Å². The minimum atomic E-state index is -4.25. The molecule has 4 aromatic carbocycles. The number of rotatable bonds is 17. The number of phenols is 2. The van der Waals surface area contributed by atoms with Crippen molar-refractivity contribution in [1.29, 1.82) is 0 Å². The molecule has 4 heterocycles. The van der Waals surface area contributed by atoms with E-state index in [0.29, 0.717) is 90.4 Å². The van der Waals surface area contributed by atoms with E-state index in [1.165, 1.54) is 30.3 Å². The van der Waals surface area contributed by atoms with E-state index >= 15 is 0 Å². The molecule has 16 nitrogen and oxygen atoms in total. The number of aromatic hydroxyl groups is 2. The lowest BCUT2D eigenvalue weighted by Crippen LogP contribution is -2.53. The molecule has 0 saturated carbocycles. The average Bonchev–Trinajstić information content (AvgIpc) is 3.34. The lowest BCUT2D eigenvalue weighted by atomic mass is 10.0. The summed E-state index contributed by atoms with van der Waals surface area (Å²) in [5.41, 5.74) is 5.79. The summed E-state index contributed by atoms with van der Waals surface area (Å²) in [5.74, 6) is -0.0360. The van der Waals surface area contributed by atoms with Crippen LogP contribution in [-0.4, -0.2) is 103 Å². The van der Waals surface area contributed by atoms with E-state index in [1.807, 2.05) is 24.3 Å². The zero-order valence-electron chi connectivity index (χ0n) is 41.0. The van der Waals surface area contributed by atoms with Gasteiger partial charge in [-0.05, 0) is 136 Å². The predicted octanol–water partition coefficient (Wildman–Crippen LogP) is 6.26. The van der Waals surface area contributed by atoms with Crippen molar-refractivity contribution >= 4 is 21.3 Å². The maximum absolute atomic E-state index is 14.8. The molecule has 20 heteroatoms. The Morgan fingerprint density at radius 2 is 1.12 bits per heavy atom. The minimum absolute atomic E-state index is 0.0733. The first kappa shape index (κ1) is 53.9. The fourth-order valence-electron chi connectivity index (χ4n) is 8.86. The quantitative estimate of drug-likeness (QED) is 0.0593. The van der Waals surface area contributed by atoms with Crippen molar-refractivity contribution in [2.45, 2.75) is 108 Å². The summed E-state index contributed by atoms with van der Waals surface area (Å²) in [4.78, 5) is 22.9. The van der Waals surface area contributed by atoms with Gasteiger partial charge in [0.05, 0.1) is 16.3 Å². The number of nitrogens with zero attached hydrogens (tertiary/aromatic N) is 6. The van der Waals surface area contributed by atoms with Crippen molar-refractivity contribution < 1.29 is 35.8 Å². The van der Waals surface area contributed by atoms with Crippen LogP contribution in [0.4, 0.5) is 8.78 Å². The van der Waals surface area contributed by atoms with Gasteiger partial charge in [-0.1, -0.05) is 24.3 Å². The first-order valence-corrected chi connectivity index (χ1v) is 26.7. The Morgan fingerprint density at radius 3 is 1.60 bits per heavy atom. The average molecular weight is 1030 g/mol. The highest BCUT2D eigenvalue weighted by molar-refractivity contribution is 7.84. The Hall–Kier alpha value is -5.84. The molecule has 2 aliphatic heterocycles. The summed E-state index contributed by atoms with van der Waals surface area (Å²) in [7, 11) is -5.99. The molecule has 0 aliphatic carbocycles. The van der Waals surface area contributed by atoms with Crippen LogP contribution in [0.1, 0.15) is 74.4 Å². The van der Waals surface area contributed by atoms with E-state index in [0.717, 1.165) is 67.9 Å². The molecule has 2 saturated heterocycles. The molecule has 0 amide bonds. The number of nitrogens with two attached hydrogens (primary N) is 2. The molecule has 8 N–H and O–H groups in total. The topological polar surface area (TPSA) is 235 Å². The second-order valence-corrected chi connectivity index (χ2v) is 20.9. The summed E-state index contributed by atoms with van der Waals surface area (Å²) in [6, 6.07) is 24.9. The molecule has 2 fully saturated rings. The molecule has 6 aromatic rings. The van der Waals surface area contributed by atoms with Gasteiger partial charge in [0.25, 0.3) is 0 Å². The van der Waals surface area contributed by atoms with Gasteiger partial charge in [-0.25, -0.2) is 38.1 Å². The lowest BCUT2D eigenvalue weighted by Gasteiger charge is -2.37. The van der Waals surface area contributed by atoms with Crippen molar-refractivity contribution in [3.63, 3.8) is 0 Å². The number of aromatic nitrogens is 4. The zero-order valence-corrected chi connectivity index (χ0v) is 42.6. The number of hydrogen-bond acceptors (Lipinski definition) is 14. The largest absolute Gasteiger partial charge is 0.507 e. The fourth-order valence-corrected chi connectivity index (χ4v) is 9.79. The van der Waals surface area contributed by atoms with Gasteiger partial charge in [-0.2, -0.15) is 13.6 Å². The third kappa shape index (κ3) is 15.3. The van der Waals surface area contributed by atoms with Crippen LogP contribution in [0.5, 0.6) is 17.2 Å². The molecule has 384 valence electrons. The number of hydrogen-bond donors (Lipinski definition) is 6. The van der Waals surface area contributed by atoms with Crippen LogP contribution in [0.3, 0.4) is 0 Å². The van der Waals surface area contributed by atoms with Crippen molar-refractivity contribution in [1.82, 2.24) is 40.4 Å². The fraction of sp³-hybridized carbons (Fsp3) is 0.385. The molecule has 72 heavy (non-hydrogen) atoms. The zero-order chi connectivity index (χ0) is 51.5. The Morgan fingerprint density at radius 1 is 0.667 bits per heavy atom. The standard InChI is InChI=1S/C26H32FN5O4S.C26H32FN5O2S/c1-17-15-32(18(2)14-30-17)16-20-6-8-22(27)21(12-20)23-10-11-29-26(31-23)5-3-4-19-7-9-24(33)25(13-19)36-37(28,34)35;1-17-15-32(18(2)14-30-17)16-20-6-8-22(27)21(12-20)23-10-11-29-26(31-23)5-3-4-19-7-9-24(33)25(13-19)35(28)34/h6-13,17-18,30,33H,3-5,14-16H2,1-2H3,(H2,28,34,35);6-13,17-18,30,33H,3-5,14-16,28H2,1-2H3/t17-,18-;17-,18-,35?/m00/s1. The molecule has 2 aliphatic rings. The van der Waals surface area contributed by atoms with E-state index in [-0.39, 0.29) is 33.8 Å². The first-order chi connectivity index (χ1) is 34.4. The Bertz CT molecular complexity index is 2960. The maximum Gasteiger partial charge on any atom is 0.380 e. The van der Waals surface area contributed by atoms with Gasteiger partial charge in [0, 0.05) is 99.8 Å². The van der Waals surface area contributed by atoms with E-state index in [4.69, 9.17) is 10.3 Å². The Balaban J connectivity index is 0.000000212. The Kier molecular flexibility index (Phi) is 18.5. The number of piperazine rings is 2. The van der Waals surface area contributed by atoms with Gasteiger partial charge in [0.15, 0.2) is 11.5 Å². The van der Waals surface area contributed by atoms with Crippen molar-refractivity contribution in [3.8, 4) is 39.8 Å². The number of benzene rings is 4. The van der Waals surface area contributed by atoms with Crippen LogP contribution in [0.25, 0.3) is 22.5 Å². The van der Waals surface area contributed by atoms with Crippen molar-refractivity contribution in [3.05, 3.63) is 143 Å². The van der Waals surface area contributed by atoms with Gasteiger partial charge in [-0.3, -0.25) is 9.80 Å². The third-order valence-electron chi connectivity index (χ3n) is 12.8. The third-order valence-corrected chi connectivity index (χ3v) is 14.0. The normalized spacial score (nSPS) is 19.1. The molecular weight excluding hydrogens is 963 g/mol. The maximum atomic E-state index is 14.8. The molecule has 1 unspecified atom stereocenters. The number of phenolic OH excluding ortho intramolecular Hbond substituents is 2. The van der Waals surface area contributed by atoms with E-state index < -0.39 is 21.3 Å². The highest BCUT2D eigenvalue weighted by atomic mass is 32.2. The van der Waals surface area contributed by atoms with Gasteiger partial charge in [0.2, 0.25) is 0 Å². The van der Waals surface area contributed by atoms with Gasteiger partial charge < -0.3 is 25.0 Å². The van der Waals surface area contributed by atoms with Crippen molar-refractivity contribution in [2.75, 3.05) is 26.2 Å². The smallest absolute Gasteiger partial charge is 0.380 e. The van der Waals surface area contributed by atoms with Crippen LogP contribution >= 0.6 is 0 Å². The Labute approximate surface area is 423 Å². The van der Waals surface area contributed by atoms with Crippen LogP contribution < -0.4 is 25.1 Å². The molecule has 2 aromatic heterocycles. The van der Waals surface area contributed by atoms with Crippen LogP contribution in [0.2, 0.25) is 0 Å². The van der Waals surface area contributed by atoms with E-state index in [1.54, 1.807) is 42.7 Å². The molecule has 8 rings (SSSR count). The highest BCUT2D eigenvalue weighted by Gasteiger charge is 2.24. The van der Waals surface area contributed by atoms with Gasteiger partial charge in [-0.15, -0.1) is 0 Å². The minimum Gasteiger partial charge on any atom is -0.507 e. The van der Waals surface area contributed by atoms with Crippen LogP contribution in [0.15, 0.2) is 102 Å². The molecule has 0 spiro atoms. The number of aryl methyl sites for hydroxylation is 4. The SMILES string of the molecule is C[C@H]1CN(Cc2ccc(F)c(-c3ccnc(CCCc4ccc(O)c(OS(N)(=O)=O)c4)n3)c2)[C@@H](C)CN1.C[C@H]1CN(Cc2ccc(F)c(-c3ccnc(CCCc4ccc(O)c(S(N)=O)c4)n3)c2)[C@@H](C)CN1. The molecule has 0 bridgehead atoms. The highest BCUT2D eigenvalue weighted by Crippen LogP contribution is 2.30. The van der Waals surface area contributed by atoms with E-state index in [2.05, 4.69) is 72.2 Å². The predicted molar refractivity (Wildman–Crippen MR) is 274 cm³/mol. The summed E-state index contributed by atoms with van der Waals surface area (Å²) in [5, 5.41) is 36.9. The van der Waals surface area contributed by atoms with Crippen molar-refractivity contribution in [2.24, 2.45) is 10.3 Å². The second kappa shape index (κ2) is 24.7. The molecule has 0 radical (unpaired) electrons. The monoisotopic (exact) mass is 1030 g/mol. The van der Waals surface area contributed by atoms with Gasteiger partial charge in [0.1, 0.15) is 40.0 Å². The first-order valence-electron chi connectivity index (χ1n) is 24.1. The van der Waals surface area contributed by atoms with Gasteiger partial charge >= 0.3 is 10.3 Å². The second-order valence-electron chi connectivity index (χ2n) is 18.7. The molecular formula is C52H64F2N10O6S2. The lowest BCUT2D eigenvalue weighted by molar-refractivity contribution is 0.139. The molecule has 5 atom stereocenters. The number of nitrogens with one attached hydrogen (secondary N) is 2. The summed E-state index contributed by atoms with van der Waals surface area (Å²) in [6.07, 6.45) is 7.05. The number of halogens is 2. The summed E-state index contributed by atoms with van der Waals surface area (Å²) < 4.78 is 68.1.